The first-order valence-corrected chi connectivity index (χ1v) is 4.85. The third-order valence-electron chi connectivity index (χ3n) is 2.17. The lowest BCUT2D eigenvalue weighted by atomic mass is 9.92. The number of aliphatic hydroxyl groups is 1. The van der Waals surface area contributed by atoms with Crippen LogP contribution in [-0.4, -0.2) is 35.0 Å². The number of rotatable bonds is 4. The predicted octanol–water partition coefficient (Wildman–Crippen LogP) is 0.868. The molecule has 1 rings (SSSR count). The molecule has 14 heavy (non-hydrogen) atoms. The highest BCUT2D eigenvalue weighted by Crippen LogP contribution is 2.43. The first-order chi connectivity index (χ1) is 6.28. The number of epoxide rings is 1. The van der Waals surface area contributed by atoms with Gasteiger partial charge in [0.15, 0.2) is 6.10 Å². The van der Waals surface area contributed by atoms with E-state index >= 15 is 0 Å². The third-order valence-corrected chi connectivity index (χ3v) is 2.17. The van der Waals surface area contributed by atoms with Gasteiger partial charge in [0.05, 0.1) is 12.2 Å². The van der Waals surface area contributed by atoms with Crippen molar-refractivity contribution in [3.63, 3.8) is 0 Å². The van der Waals surface area contributed by atoms with Gasteiger partial charge in [0, 0.05) is 6.42 Å². The molecule has 0 bridgehead atoms. The number of hydrogen-bond acceptors (Lipinski definition) is 4. The predicted molar refractivity (Wildman–Crippen MR) is 50.8 cm³/mol. The topological polar surface area (TPSA) is 59.1 Å². The zero-order valence-corrected chi connectivity index (χ0v) is 9.16. The summed E-state index contributed by atoms with van der Waals surface area (Å²) in [6.45, 7) is 7.32. The average molecular weight is 202 g/mol. The smallest absolute Gasteiger partial charge is 0.338 e. The lowest BCUT2D eigenvalue weighted by molar-refractivity contribution is -0.144. The van der Waals surface area contributed by atoms with Gasteiger partial charge in [-0.2, -0.15) is 0 Å². The maximum Gasteiger partial charge on any atom is 0.338 e. The second-order valence-electron chi connectivity index (χ2n) is 4.55. The lowest BCUT2D eigenvalue weighted by Crippen LogP contribution is -2.30. The van der Waals surface area contributed by atoms with Gasteiger partial charge >= 0.3 is 5.97 Å². The lowest BCUT2D eigenvalue weighted by Gasteiger charge is -2.19. The van der Waals surface area contributed by atoms with Crippen molar-refractivity contribution < 1.29 is 19.4 Å². The van der Waals surface area contributed by atoms with E-state index in [0.717, 1.165) is 0 Å². The number of esters is 1. The molecule has 0 aliphatic carbocycles. The molecule has 4 heteroatoms. The molecule has 0 aromatic heterocycles. The Bertz CT molecular complexity index is 231. The number of ether oxygens (including phenoxy) is 2. The SMILES string of the molecule is CCOC(=O)C1OC1(C)CC(C)(C)O. The summed E-state index contributed by atoms with van der Waals surface area (Å²) in [5, 5.41) is 9.59. The molecule has 0 saturated carbocycles. The maximum absolute atomic E-state index is 11.3. The van der Waals surface area contributed by atoms with E-state index in [1.807, 2.05) is 6.92 Å². The third kappa shape index (κ3) is 2.69. The van der Waals surface area contributed by atoms with Gasteiger partial charge in [-0.1, -0.05) is 0 Å². The summed E-state index contributed by atoms with van der Waals surface area (Å²) in [6.07, 6.45) is -0.0717. The van der Waals surface area contributed by atoms with Crippen molar-refractivity contribution in [2.75, 3.05) is 6.61 Å². The van der Waals surface area contributed by atoms with Gasteiger partial charge in [0.1, 0.15) is 5.60 Å². The molecule has 2 unspecified atom stereocenters. The van der Waals surface area contributed by atoms with Crippen LogP contribution in [0, 0.1) is 0 Å². The van der Waals surface area contributed by atoms with Crippen LogP contribution in [0.15, 0.2) is 0 Å². The standard InChI is InChI=1S/C10H18O4/c1-5-13-8(11)7-10(4,14-7)6-9(2,3)12/h7,12H,5-6H2,1-4H3. The van der Waals surface area contributed by atoms with E-state index in [1.54, 1.807) is 20.8 Å². The first-order valence-electron chi connectivity index (χ1n) is 4.85. The first kappa shape index (κ1) is 11.5. The van der Waals surface area contributed by atoms with Gasteiger partial charge in [-0.15, -0.1) is 0 Å². The van der Waals surface area contributed by atoms with E-state index in [1.165, 1.54) is 0 Å². The quantitative estimate of drug-likeness (QED) is 0.543. The van der Waals surface area contributed by atoms with Crippen LogP contribution in [0.25, 0.3) is 0 Å². The van der Waals surface area contributed by atoms with Crippen molar-refractivity contribution in [1.29, 1.82) is 0 Å². The highest BCUT2D eigenvalue weighted by Gasteiger charge is 2.59. The molecule has 0 spiro atoms. The second-order valence-corrected chi connectivity index (χ2v) is 4.55. The molecule has 1 N–H and O–H groups in total. The Kier molecular flexibility index (Phi) is 2.88. The average Bonchev–Trinajstić information content (AvgIpc) is 2.58. The fourth-order valence-electron chi connectivity index (χ4n) is 1.74. The molecule has 1 aliphatic rings. The van der Waals surface area contributed by atoms with E-state index in [2.05, 4.69) is 0 Å². The molecule has 0 radical (unpaired) electrons. The normalized spacial score (nSPS) is 31.4. The molecule has 4 nitrogen and oxygen atoms in total. The minimum atomic E-state index is -0.823. The van der Waals surface area contributed by atoms with E-state index in [4.69, 9.17) is 9.47 Å². The van der Waals surface area contributed by atoms with Gasteiger partial charge < -0.3 is 14.6 Å². The summed E-state index contributed by atoms with van der Waals surface area (Å²) in [5.74, 6) is -0.334. The van der Waals surface area contributed by atoms with E-state index < -0.39 is 17.3 Å². The van der Waals surface area contributed by atoms with Crippen molar-refractivity contribution in [3.05, 3.63) is 0 Å². The summed E-state index contributed by atoms with van der Waals surface area (Å²) in [6, 6.07) is 0. The fraction of sp³-hybridized carbons (Fsp3) is 0.900. The molecule has 82 valence electrons. The van der Waals surface area contributed by atoms with Crippen LogP contribution in [0.5, 0.6) is 0 Å². The van der Waals surface area contributed by atoms with Crippen LogP contribution >= 0.6 is 0 Å². The van der Waals surface area contributed by atoms with Crippen LogP contribution in [0.1, 0.15) is 34.1 Å². The van der Waals surface area contributed by atoms with E-state index in [9.17, 15) is 9.90 Å². The van der Waals surface area contributed by atoms with Gasteiger partial charge in [0.2, 0.25) is 0 Å². The maximum atomic E-state index is 11.3. The van der Waals surface area contributed by atoms with Crippen molar-refractivity contribution in [1.82, 2.24) is 0 Å². The minimum absolute atomic E-state index is 0.334. The molecular weight excluding hydrogens is 184 g/mol. The van der Waals surface area contributed by atoms with Crippen molar-refractivity contribution >= 4 is 5.97 Å². The Hall–Kier alpha value is -0.610. The molecule has 1 saturated heterocycles. The Balaban J connectivity index is 2.46. The van der Waals surface area contributed by atoms with E-state index in [0.29, 0.717) is 13.0 Å². The zero-order valence-electron chi connectivity index (χ0n) is 9.16. The van der Waals surface area contributed by atoms with Crippen LogP contribution in [0.2, 0.25) is 0 Å². The molecule has 0 amide bonds. The van der Waals surface area contributed by atoms with Gasteiger partial charge in [-0.25, -0.2) is 4.79 Å². The Labute approximate surface area is 84.2 Å². The molecule has 0 aromatic rings. The highest BCUT2D eigenvalue weighted by molar-refractivity contribution is 5.79. The largest absolute Gasteiger partial charge is 0.464 e. The summed E-state index contributed by atoms with van der Waals surface area (Å²) >= 11 is 0. The molecule has 2 atom stereocenters. The van der Waals surface area contributed by atoms with Crippen LogP contribution in [-0.2, 0) is 14.3 Å². The molecule has 1 fully saturated rings. The van der Waals surface area contributed by atoms with Crippen LogP contribution < -0.4 is 0 Å². The number of hydrogen-bond donors (Lipinski definition) is 1. The van der Waals surface area contributed by atoms with E-state index in [-0.39, 0.29) is 5.97 Å². The number of carbonyl (C=O) groups is 1. The summed E-state index contributed by atoms with van der Waals surface area (Å²) in [5.41, 5.74) is -1.37. The molecule has 1 heterocycles. The Morgan fingerprint density at radius 1 is 1.64 bits per heavy atom. The monoisotopic (exact) mass is 202 g/mol. The summed E-state index contributed by atoms with van der Waals surface area (Å²) in [7, 11) is 0. The second kappa shape index (κ2) is 3.51. The molecular formula is C10H18O4. The molecule has 1 aliphatic heterocycles. The molecule has 0 aromatic carbocycles. The van der Waals surface area contributed by atoms with Crippen molar-refractivity contribution in [2.24, 2.45) is 0 Å². The van der Waals surface area contributed by atoms with Crippen molar-refractivity contribution in [2.45, 2.75) is 51.4 Å². The Morgan fingerprint density at radius 3 is 2.64 bits per heavy atom. The number of carbonyl (C=O) groups excluding carboxylic acids is 1. The van der Waals surface area contributed by atoms with Crippen LogP contribution in [0.3, 0.4) is 0 Å². The van der Waals surface area contributed by atoms with Gasteiger partial charge in [-0.3, -0.25) is 0 Å². The van der Waals surface area contributed by atoms with Gasteiger partial charge in [0.25, 0.3) is 0 Å². The van der Waals surface area contributed by atoms with Crippen LogP contribution in [0.4, 0.5) is 0 Å². The summed E-state index contributed by atoms with van der Waals surface area (Å²) in [4.78, 5) is 11.3. The minimum Gasteiger partial charge on any atom is -0.464 e. The summed E-state index contributed by atoms with van der Waals surface area (Å²) < 4.78 is 10.1. The van der Waals surface area contributed by atoms with Gasteiger partial charge in [-0.05, 0) is 27.7 Å². The fourth-order valence-corrected chi connectivity index (χ4v) is 1.74. The zero-order chi connectivity index (χ0) is 11.0. The van der Waals surface area contributed by atoms with Crippen molar-refractivity contribution in [3.8, 4) is 0 Å². The Morgan fingerprint density at radius 2 is 2.21 bits per heavy atom. The highest BCUT2D eigenvalue weighted by atomic mass is 16.7.